The number of hydrogen-bond acceptors (Lipinski definition) is 7. The number of nitrogens with zero attached hydrogens (tertiary/aromatic N) is 2. The van der Waals surface area contributed by atoms with Crippen LogP contribution in [0.4, 0.5) is 5.82 Å². The highest BCUT2D eigenvalue weighted by atomic mass is 16.5. The highest BCUT2D eigenvalue weighted by molar-refractivity contribution is 6.06. The van der Waals surface area contributed by atoms with Crippen molar-refractivity contribution in [1.29, 1.82) is 0 Å². The van der Waals surface area contributed by atoms with Gasteiger partial charge in [0.1, 0.15) is 5.76 Å². The van der Waals surface area contributed by atoms with Crippen LogP contribution >= 0.6 is 0 Å². The highest BCUT2D eigenvalue weighted by Gasteiger charge is 2.66. The largest absolute Gasteiger partial charge is 0.456 e. The zero-order chi connectivity index (χ0) is 20.3. The number of allylic oxidation sites excluding steroid dienone is 2. The average molecular weight is 399 g/mol. The number of aromatic nitrogens is 1. The van der Waals surface area contributed by atoms with Crippen LogP contribution in [0.1, 0.15) is 18.6 Å². The van der Waals surface area contributed by atoms with Crippen LogP contribution in [-0.2, 0) is 23.9 Å². The van der Waals surface area contributed by atoms with E-state index in [0.29, 0.717) is 17.6 Å². The van der Waals surface area contributed by atoms with Crippen molar-refractivity contribution in [3.63, 3.8) is 0 Å². The number of ether oxygens (including phenoxy) is 1. The Labute approximate surface area is 166 Å². The zero-order valence-corrected chi connectivity index (χ0v) is 15.9. The van der Waals surface area contributed by atoms with Crippen LogP contribution in [0, 0.1) is 42.4 Å². The number of anilines is 1. The summed E-state index contributed by atoms with van der Waals surface area (Å²) >= 11 is 0. The third-order valence-electron chi connectivity index (χ3n) is 6.55. The number of likely N-dealkylation sites (tertiary alicyclic amines) is 1. The Bertz CT molecular complexity index is 900. The van der Waals surface area contributed by atoms with Gasteiger partial charge in [0.05, 0.1) is 18.3 Å². The quantitative estimate of drug-likeness (QED) is 0.429. The fourth-order valence-corrected chi connectivity index (χ4v) is 5.26. The van der Waals surface area contributed by atoms with Gasteiger partial charge in [0.15, 0.2) is 12.4 Å². The van der Waals surface area contributed by atoms with Crippen LogP contribution in [-0.4, -0.2) is 46.9 Å². The van der Waals surface area contributed by atoms with Gasteiger partial charge in [-0.05, 0) is 37.0 Å². The van der Waals surface area contributed by atoms with Crippen molar-refractivity contribution in [2.75, 3.05) is 18.5 Å². The van der Waals surface area contributed by atoms with E-state index < -0.39 is 18.5 Å². The monoisotopic (exact) mass is 399 g/mol. The minimum absolute atomic E-state index is 0.0115. The second-order valence-corrected chi connectivity index (χ2v) is 8.26. The van der Waals surface area contributed by atoms with Crippen molar-refractivity contribution in [1.82, 2.24) is 10.1 Å². The van der Waals surface area contributed by atoms with Crippen LogP contribution in [0.2, 0.25) is 0 Å². The van der Waals surface area contributed by atoms with Crippen molar-refractivity contribution in [2.24, 2.45) is 35.5 Å². The van der Waals surface area contributed by atoms with Gasteiger partial charge in [-0.15, -0.1) is 0 Å². The van der Waals surface area contributed by atoms with Gasteiger partial charge in [0.25, 0.3) is 5.91 Å². The highest BCUT2D eigenvalue weighted by Crippen LogP contribution is 2.65. The lowest BCUT2D eigenvalue weighted by atomic mass is 9.63. The standard InChI is InChI=1S/C20H21N3O6/c1-9-6-14(22-29-9)21-15(24)8-28-16(25)4-5-23-19(26)17-10-2-3-11(13-7-12(10)13)18(17)20(23)27/h2-3,6,10-13,17-18H,4-5,7-8H2,1H3,(H,21,22,24)/t10-,11-,12-,13-,17+,18+/m0/s1. The lowest BCUT2D eigenvalue weighted by molar-refractivity contribution is -0.148. The molecule has 0 spiro atoms. The molecule has 9 nitrogen and oxygen atoms in total. The number of carbonyl (C=O) groups excluding carboxylic acids is 4. The first kappa shape index (κ1) is 18.1. The van der Waals surface area contributed by atoms with Crippen LogP contribution in [0.15, 0.2) is 22.7 Å². The second-order valence-electron chi connectivity index (χ2n) is 8.26. The zero-order valence-electron chi connectivity index (χ0n) is 15.9. The lowest BCUT2D eigenvalue weighted by Crippen LogP contribution is -2.40. The molecule has 3 amide bonds. The summed E-state index contributed by atoms with van der Waals surface area (Å²) in [5.41, 5.74) is 0. The fourth-order valence-electron chi connectivity index (χ4n) is 5.26. The molecule has 9 heteroatoms. The summed E-state index contributed by atoms with van der Waals surface area (Å²) in [7, 11) is 0. The molecule has 0 radical (unpaired) electrons. The Morgan fingerprint density at radius 2 is 1.86 bits per heavy atom. The number of carbonyl (C=O) groups is 4. The van der Waals surface area contributed by atoms with E-state index in [1.807, 2.05) is 0 Å². The molecule has 1 aromatic heterocycles. The number of rotatable bonds is 6. The molecule has 3 fully saturated rings. The van der Waals surface area contributed by atoms with Gasteiger partial charge >= 0.3 is 5.97 Å². The smallest absolute Gasteiger partial charge is 0.308 e. The molecule has 1 aliphatic heterocycles. The molecule has 0 unspecified atom stereocenters. The maximum Gasteiger partial charge on any atom is 0.308 e. The number of aryl methyl sites for hydroxylation is 1. The Morgan fingerprint density at radius 3 is 2.45 bits per heavy atom. The maximum absolute atomic E-state index is 12.8. The summed E-state index contributed by atoms with van der Waals surface area (Å²) in [6, 6.07) is 1.54. The van der Waals surface area contributed by atoms with E-state index in [9.17, 15) is 19.2 Å². The molecule has 1 saturated heterocycles. The first-order valence-electron chi connectivity index (χ1n) is 9.86. The van der Waals surface area contributed by atoms with E-state index in [2.05, 4.69) is 22.6 Å². The van der Waals surface area contributed by atoms with E-state index in [1.54, 1.807) is 6.92 Å². The third kappa shape index (κ3) is 2.95. The van der Waals surface area contributed by atoms with Gasteiger partial charge in [-0.25, -0.2) is 0 Å². The van der Waals surface area contributed by atoms with Gasteiger partial charge in [-0.2, -0.15) is 0 Å². The number of amides is 3. The normalized spacial score (nSPS) is 33.5. The van der Waals surface area contributed by atoms with E-state index in [1.165, 1.54) is 11.0 Å². The molecule has 5 aliphatic rings. The summed E-state index contributed by atoms with van der Waals surface area (Å²) in [5.74, 6) is 0.110. The Balaban J connectivity index is 1.12. The van der Waals surface area contributed by atoms with Crippen molar-refractivity contribution < 1.29 is 28.4 Å². The Hall–Kier alpha value is -2.97. The molecular formula is C20H21N3O6. The van der Waals surface area contributed by atoms with E-state index in [4.69, 9.17) is 9.26 Å². The number of nitrogens with one attached hydrogen (secondary N) is 1. The van der Waals surface area contributed by atoms with Crippen molar-refractivity contribution in [2.45, 2.75) is 19.8 Å². The summed E-state index contributed by atoms with van der Waals surface area (Å²) in [5, 5.41) is 6.06. The summed E-state index contributed by atoms with van der Waals surface area (Å²) in [6.07, 6.45) is 5.19. The van der Waals surface area contributed by atoms with Gasteiger partial charge < -0.3 is 14.6 Å². The molecule has 6 rings (SSSR count). The molecule has 29 heavy (non-hydrogen) atoms. The number of hydrogen-bond donors (Lipinski definition) is 1. The Morgan fingerprint density at radius 1 is 1.21 bits per heavy atom. The predicted octanol–water partition coefficient (Wildman–Crippen LogP) is 0.908. The van der Waals surface area contributed by atoms with Crippen LogP contribution in [0.5, 0.6) is 0 Å². The van der Waals surface area contributed by atoms with Crippen molar-refractivity contribution in [3.05, 3.63) is 24.0 Å². The van der Waals surface area contributed by atoms with Gasteiger partial charge in [-0.3, -0.25) is 24.1 Å². The van der Waals surface area contributed by atoms with E-state index >= 15 is 0 Å². The molecule has 1 aromatic rings. The molecule has 152 valence electrons. The SMILES string of the molecule is Cc1cc(NC(=O)COC(=O)CCN2C(=O)[C@@H]3[C@H]4C=C[C@@H]([C@@H]5C[C@@H]45)[C@H]3C2=O)no1. The van der Waals surface area contributed by atoms with Crippen molar-refractivity contribution >= 4 is 29.5 Å². The summed E-state index contributed by atoms with van der Waals surface area (Å²) in [6.45, 7) is 1.20. The van der Waals surface area contributed by atoms with E-state index in [0.717, 1.165) is 6.42 Å². The minimum atomic E-state index is -0.643. The molecule has 4 aliphatic carbocycles. The molecule has 2 heterocycles. The fraction of sp³-hybridized carbons (Fsp3) is 0.550. The summed E-state index contributed by atoms with van der Waals surface area (Å²) < 4.78 is 9.77. The molecule has 2 saturated carbocycles. The molecule has 0 aromatic carbocycles. The number of esters is 1. The van der Waals surface area contributed by atoms with Gasteiger partial charge in [-0.1, -0.05) is 17.3 Å². The van der Waals surface area contributed by atoms with Crippen LogP contribution < -0.4 is 5.32 Å². The molecule has 6 atom stereocenters. The van der Waals surface area contributed by atoms with Crippen LogP contribution in [0.3, 0.4) is 0 Å². The van der Waals surface area contributed by atoms with Crippen molar-refractivity contribution in [3.8, 4) is 0 Å². The maximum atomic E-state index is 12.8. The second kappa shape index (κ2) is 6.53. The van der Waals surface area contributed by atoms with E-state index in [-0.39, 0.29) is 54.3 Å². The molecular weight excluding hydrogens is 378 g/mol. The predicted molar refractivity (Wildman–Crippen MR) is 96.9 cm³/mol. The first-order chi connectivity index (χ1) is 13.9. The summed E-state index contributed by atoms with van der Waals surface area (Å²) in [4.78, 5) is 50.6. The minimum Gasteiger partial charge on any atom is -0.456 e. The lowest BCUT2D eigenvalue weighted by Gasteiger charge is -2.37. The van der Waals surface area contributed by atoms with Gasteiger partial charge in [0, 0.05) is 12.6 Å². The van der Waals surface area contributed by atoms with Gasteiger partial charge in [0.2, 0.25) is 11.8 Å². The topological polar surface area (TPSA) is 119 Å². The Kier molecular flexibility index (Phi) is 4.07. The first-order valence-corrected chi connectivity index (χ1v) is 9.86. The molecule has 1 N–H and O–H groups in total. The average Bonchev–Trinajstić information content (AvgIpc) is 3.38. The van der Waals surface area contributed by atoms with Crippen LogP contribution in [0.25, 0.3) is 0 Å². The third-order valence-corrected chi connectivity index (χ3v) is 6.55. The number of imide groups is 1. The molecule has 2 bridgehead atoms.